The normalized spacial score (nSPS) is 9.27. The first-order chi connectivity index (χ1) is 12.7. The largest absolute Gasteiger partial charge is 3.00 e. The standard InChI is InChI=1S/C24H17N2.CH3.B.2Y/c1-18-12-13-20(16-23(18)24-17-25-14-15-26(24)2)22-11-7-6-10-21(22)19-8-4-3-5-9-19;;;;/h3-8,12-15,17H,1-2H3;1H3;;;/q-3;-1;;;+3. The molecule has 1 heterocycles. The van der Waals surface area contributed by atoms with E-state index in [4.69, 9.17) is 0 Å². The molecule has 0 aliphatic carbocycles. The average Bonchev–Trinajstić information content (AvgIpc) is 2.70. The van der Waals surface area contributed by atoms with Gasteiger partial charge in [-0.05, 0) is 0 Å². The first kappa shape index (κ1) is 29.0. The van der Waals surface area contributed by atoms with Crippen LogP contribution < -0.4 is 4.57 Å². The third-order valence-corrected chi connectivity index (χ3v) is 4.40. The number of rotatable bonds is 3. The zero-order valence-corrected chi connectivity index (χ0v) is 23.2. The summed E-state index contributed by atoms with van der Waals surface area (Å²) in [5.41, 5.74) is 7.17. The molecule has 2 nitrogen and oxygen atoms in total. The van der Waals surface area contributed by atoms with Gasteiger partial charge in [0.15, 0.2) is 11.9 Å². The molecule has 0 N–H and O–H groups in total. The van der Waals surface area contributed by atoms with Gasteiger partial charge in [0.2, 0.25) is 0 Å². The van der Waals surface area contributed by atoms with Crippen LogP contribution in [0.1, 0.15) is 5.56 Å². The quantitative estimate of drug-likeness (QED) is 0.214. The zero-order chi connectivity index (χ0) is 17.9. The summed E-state index contributed by atoms with van der Waals surface area (Å²) in [7, 11) is 2.02. The van der Waals surface area contributed by atoms with E-state index in [0.29, 0.717) is 0 Å². The molecule has 0 bridgehead atoms. The molecule has 4 aromatic rings. The van der Waals surface area contributed by atoms with Crippen molar-refractivity contribution in [3.8, 4) is 33.5 Å². The summed E-state index contributed by atoms with van der Waals surface area (Å²) < 4.78 is 2.06. The van der Waals surface area contributed by atoms with Crippen molar-refractivity contribution in [2.75, 3.05) is 0 Å². The Morgan fingerprint density at radius 1 is 0.867 bits per heavy atom. The molecule has 0 unspecified atom stereocenters. The molecule has 4 rings (SSSR count). The fraction of sp³-hybridized carbons (Fsp3) is 0.0800. The van der Waals surface area contributed by atoms with E-state index < -0.39 is 0 Å². The third-order valence-electron chi connectivity index (χ3n) is 4.40. The minimum absolute atomic E-state index is 0. The fourth-order valence-corrected chi connectivity index (χ4v) is 3.01. The van der Waals surface area contributed by atoms with Gasteiger partial charge in [0, 0.05) is 41.1 Å². The Bertz CT molecular complexity index is 1070. The van der Waals surface area contributed by atoms with Crippen molar-refractivity contribution in [3.05, 3.63) is 104 Å². The smallest absolute Gasteiger partial charge is 0.358 e. The Morgan fingerprint density at radius 3 is 2.20 bits per heavy atom. The van der Waals surface area contributed by atoms with E-state index in [1.807, 2.05) is 55.8 Å². The molecule has 0 aliphatic rings. The maximum Gasteiger partial charge on any atom is 3.00 e. The van der Waals surface area contributed by atoms with Gasteiger partial charge < -0.3 is 7.43 Å². The van der Waals surface area contributed by atoms with Crippen LogP contribution in [0.2, 0.25) is 0 Å². The van der Waals surface area contributed by atoms with Crippen LogP contribution >= 0.6 is 0 Å². The molecular formula is C25H20BN2Y2-. The van der Waals surface area contributed by atoms with Gasteiger partial charge >= 0.3 is 32.7 Å². The third kappa shape index (κ3) is 6.27. The van der Waals surface area contributed by atoms with Gasteiger partial charge in [-0.2, -0.15) is 36.4 Å². The van der Waals surface area contributed by atoms with Gasteiger partial charge in [-0.3, -0.25) is 4.98 Å². The van der Waals surface area contributed by atoms with E-state index in [-0.39, 0.29) is 81.3 Å². The first-order valence-corrected chi connectivity index (χ1v) is 8.47. The molecule has 3 aromatic carbocycles. The van der Waals surface area contributed by atoms with E-state index in [1.54, 1.807) is 6.20 Å². The van der Waals surface area contributed by atoms with Crippen LogP contribution in [-0.2, 0) is 72.5 Å². The predicted molar refractivity (Wildman–Crippen MR) is 114 cm³/mol. The molecule has 140 valence electrons. The number of hydrogen-bond acceptors (Lipinski definition) is 1. The summed E-state index contributed by atoms with van der Waals surface area (Å²) in [6.45, 7) is 2.09. The Balaban J connectivity index is 0.00000210. The van der Waals surface area contributed by atoms with Gasteiger partial charge in [0.05, 0.1) is 12.4 Å². The number of benzene rings is 3. The number of hydrogen-bond donors (Lipinski definition) is 0. The van der Waals surface area contributed by atoms with Crippen LogP contribution in [0, 0.1) is 38.6 Å². The molecule has 5 heteroatoms. The SMILES string of the molecule is Cc1ccc(-c2[c-]cc[c-]c2-c2[c-]cccc2)[c-]c1-c1cncc[n+]1C.[B].[CH3-].[Y+3].[Y]. The minimum atomic E-state index is 0. The zero-order valence-electron chi connectivity index (χ0n) is 17.5. The second-order valence-electron chi connectivity index (χ2n) is 6.15. The van der Waals surface area contributed by atoms with E-state index >= 15 is 0 Å². The van der Waals surface area contributed by atoms with Crippen molar-refractivity contribution >= 4 is 8.41 Å². The molecule has 0 saturated heterocycles. The number of nitrogens with zero attached hydrogens (tertiary/aromatic N) is 2. The summed E-state index contributed by atoms with van der Waals surface area (Å²) in [6.07, 6.45) is 5.60. The van der Waals surface area contributed by atoms with E-state index in [2.05, 4.69) is 52.9 Å². The van der Waals surface area contributed by atoms with Crippen LogP contribution in [0.3, 0.4) is 0 Å². The van der Waals surface area contributed by atoms with Crippen molar-refractivity contribution < 1.29 is 70.0 Å². The maximum atomic E-state index is 4.27. The van der Waals surface area contributed by atoms with E-state index in [9.17, 15) is 0 Å². The predicted octanol–water partition coefficient (Wildman–Crippen LogP) is 4.48. The maximum absolute atomic E-state index is 4.27. The molecule has 0 saturated carbocycles. The second kappa shape index (κ2) is 13.4. The van der Waals surface area contributed by atoms with Gasteiger partial charge in [-0.15, -0.1) is 17.7 Å². The summed E-state index contributed by atoms with van der Waals surface area (Å²) in [5.74, 6) is 0. The molecule has 0 fully saturated rings. The summed E-state index contributed by atoms with van der Waals surface area (Å²) in [4.78, 5) is 4.27. The Morgan fingerprint density at radius 2 is 1.57 bits per heavy atom. The first-order valence-electron chi connectivity index (χ1n) is 8.47. The second-order valence-corrected chi connectivity index (χ2v) is 6.15. The molecule has 0 atom stereocenters. The number of aromatic nitrogens is 2. The topological polar surface area (TPSA) is 16.8 Å². The van der Waals surface area contributed by atoms with Crippen LogP contribution in [0.5, 0.6) is 0 Å². The molecular weight excluding hydrogens is 517 g/mol. The van der Waals surface area contributed by atoms with E-state index in [1.165, 1.54) is 0 Å². The summed E-state index contributed by atoms with van der Waals surface area (Å²) >= 11 is 0. The molecule has 0 amide bonds. The fourth-order valence-electron chi connectivity index (χ4n) is 3.01. The van der Waals surface area contributed by atoms with Crippen molar-refractivity contribution in [2.45, 2.75) is 6.92 Å². The van der Waals surface area contributed by atoms with Crippen molar-refractivity contribution in [3.63, 3.8) is 0 Å². The van der Waals surface area contributed by atoms with Crippen LogP contribution in [0.25, 0.3) is 33.5 Å². The summed E-state index contributed by atoms with van der Waals surface area (Å²) in [6, 6.07) is 29.5. The molecule has 0 aliphatic heterocycles. The Labute approximate surface area is 232 Å². The van der Waals surface area contributed by atoms with Crippen molar-refractivity contribution in [1.82, 2.24) is 4.98 Å². The average molecular weight is 537 g/mol. The van der Waals surface area contributed by atoms with Crippen LogP contribution in [0.15, 0.2) is 67.1 Å². The van der Waals surface area contributed by atoms with Gasteiger partial charge in [0.25, 0.3) is 0 Å². The van der Waals surface area contributed by atoms with Crippen LogP contribution in [0.4, 0.5) is 0 Å². The summed E-state index contributed by atoms with van der Waals surface area (Å²) in [5, 5.41) is 0. The Kier molecular flexibility index (Phi) is 13.0. The molecule has 1 aromatic heterocycles. The minimum Gasteiger partial charge on any atom is -0.358 e. The van der Waals surface area contributed by atoms with E-state index in [0.717, 1.165) is 39.1 Å². The van der Waals surface area contributed by atoms with Crippen molar-refractivity contribution in [1.29, 1.82) is 0 Å². The van der Waals surface area contributed by atoms with Gasteiger partial charge in [-0.25, -0.2) is 51.1 Å². The molecule has 4 radical (unpaired) electrons. The Hall–Kier alpha value is -0.987. The van der Waals surface area contributed by atoms with Gasteiger partial charge in [-0.1, -0.05) is 12.5 Å². The molecule has 0 spiro atoms. The van der Waals surface area contributed by atoms with Crippen LogP contribution in [-0.4, -0.2) is 13.4 Å². The molecule has 30 heavy (non-hydrogen) atoms. The monoisotopic (exact) mass is 537 g/mol. The number of aryl methyl sites for hydroxylation is 2. The van der Waals surface area contributed by atoms with Crippen molar-refractivity contribution in [2.24, 2.45) is 7.05 Å². The van der Waals surface area contributed by atoms with Gasteiger partial charge in [0.1, 0.15) is 7.05 Å².